The first kappa shape index (κ1) is 16.5. The Labute approximate surface area is 158 Å². The summed E-state index contributed by atoms with van der Waals surface area (Å²) in [5.41, 5.74) is 3.14. The van der Waals surface area contributed by atoms with E-state index in [2.05, 4.69) is 15.9 Å². The van der Waals surface area contributed by atoms with Gasteiger partial charge < -0.3 is 4.42 Å². The number of hydrogen-bond donors (Lipinski definition) is 0. The SMILES string of the molecule is O=CC(=O)c1occ(-c2ccccc2Br)c1-c1cccc2ccccc12. The predicted molar refractivity (Wildman–Crippen MR) is 105 cm³/mol. The summed E-state index contributed by atoms with van der Waals surface area (Å²) < 4.78 is 6.44. The molecule has 0 N–H and O–H groups in total. The number of carbonyl (C=O) groups is 2. The fraction of sp³-hybridized carbons (Fsp3) is 0. The summed E-state index contributed by atoms with van der Waals surface area (Å²) in [6.45, 7) is 0. The van der Waals surface area contributed by atoms with Crippen molar-refractivity contribution in [1.29, 1.82) is 0 Å². The van der Waals surface area contributed by atoms with Crippen molar-refractivity contribution in [2.24, 2.45) is 0 Å². The van der Waals surface area contributed by atoms with Gasteiger partial charge in [-0.1, -0.05) is 76.6 Å². The first-order chi connectivity index (χ1) is 12.7. The minimum absolute atomic E-state index is 0.0575. The molecule has 4 rings (SSSR count). The van der Waals surface area contributed by atoms with Crippen molar-refractivity contribution >= 4 is 38.8 Å². The largest absolute Gasteiger partial charge is 0.459 e. The zero-order chi connectivity index (χ0) is 18.1. The van der Waals surface area contributed by atoms with Crippen molar-refractivity contribution in [1.82, 2.24) is 0 Å². The number of carbonyl (C=O) groups excluding carboxylic acids is 2. The molecule has 4 heteroatoms. The summed E-state index contributed by atoms with van der Waals surface area (Å²) in [4.78, 5) is 23.3. The number of rotatable bonds is 4. The van der Waals surface area contributed by atoms with Crippen LogP contribution in [-0.2, 0) is 4.79 Å². The highest BCUT2D eigenvalue weighted by atomic mass is 79.9. The summed E-state index contributed by atoms with van der Waals surface area (Å²) in [6, 6.07) is 21.5. The molecule has 0 unspecified atom stereocenters. The average Bonchev–Trinajstić information content (AvgIpc) is 3.12. The van der Waals surface area contributed by atoms with Gasteiger partial charge in [-0.15, -0.1) is 0 Å². The van der Waals surface area contributed by atoms with Gasteiger partial charge >= 0.3 is 0 Å². The third-order valence-corrected chi connectivity index (χ3v) is 5.04. The van der Waals surface area contributed by atoms with Gasteiger partial charge in [0.25, 0.3) is 5.78 Å². The fourth-order valence-electron chi connectivity index (χ4n) is 3.18. The molecule has 0 amide bonds. The summed E-state index contributed by atoms with van der Waals surface area (Å²) in [7, 11) is 0. The lowest BCUT2D eigenvalue weighted by Crippen LogP contribution is -2.00. The van der Waals surface area contributed by atoms with Gasteiger partial charge in [-0.25, -0.2) is 0 Å². The van der Waals surface area contributed by atoms with E-state index in [9.17, 15) is 9.59 Å². The van der Waals surface area contributed by atoms with E-state index in [1.165, 1.54) is 6.26 Å². The molecular weight excluding hydrogens is 392 g/mol. The molecule has 0 atom stereocenters. The second-order valence-corrected chi connectivity index (χ2v) is 6.70. The van der Waals surface area contributed by atoms with Crippen LogP contribution in [0.2, 0.25) is 0 Å². The number of ketones is 1. The van der Waals surface area contributed by atoms with Gasteiger partial charge in [0.1, 0.15) is 0 Å². The maximum absolute atomic E-state index is 12.2. The van der Waals surface area contributed by atoms with Crippen molar-refractivity contribution < 1.29 is 14.0 Å². The van der Waals surface area contributed by atoms with Crippen molar-refractivity contribution in [3.63, 3.8) is 0 Å². The minimum atomic E-state index is -0.675. The Morgan fingerprint density at radius 3 is 2.35 bits per heavy atom. The molecule has 0 bridgehead atoms. The summed E-state index contributed by atoms with van der Waals surface area (Å²) >= 11 is 3.56. The van der Waals surface area contributed by atoms with Gasteiger partial charge in [0.05, 0.1) is 6.26 Å². The van der Waals surface area contributed by atoms with Crippen LogP contribution in [0.3, 0.4) is 0 Å². The van der Waals surface area contributed by atoms with E-state index in [1.807, 2.05) is 66.7 Å². The lowest BCUT2D eigenvalue weighted by Gasteiger charge is -2.10. The van der Waals surface area contributed by atoms with E-state index in [0.29, 0.717) is 5.56 Å². The van der Waals surface area contributed by atoms with Crippen LogP contribution in [-0.4, -0.2) is 12.1 Å². The van der Waals surface area contributed by atoms with E-state index in [4.69, 9.17) is 4.42 Å². The molecule has 3 aromatic carbocycles. The van der Waals surface area contributed by atoms with Crippen LogP contribution in [0.25, 0.3) is 33.0 Å². The Bertz CT molecular complexity index is 1140. The Kier molecular flexibility index (Phi) is 4.27. The Morgan fingerprint density at radius 1 is 0.846 bits per heavy atom. The van der Waals surface area contributed by atoms with Gasteiger partial charge in [-0.2, -0.15) is 0 Å². The van der Waals surface area contributed by atoms with E-state index in [0.717, 1.165) is 31.9 Å². The number of furan rings is 1. The maximum Gasteiger partial charge on any atom is 0.261 e. The third kappa shape index (κ3) is 2.68. The highest BCUT2D eigenvalue weighted by Gasteiger charge is 2.24. The van der Waals surface area contributed by atoms with Crippen LogP contribution < -0.4 is 0 Å². The van der Waals surface area contributed by atoms with Crippen LogP contribution >= 0.6 is 15.9 Å². The average molecular weight is 405 g/mol. The predicted octanol–water partition coefficient (Wildman–Crippen LogP) is 5.91. The minimum Gasteiger partial charge on any atom is -0.459 e. The molecule has 0 aliphatic carbocycles. The van der Waals surface area contributed by atoms with Gasteiger partial charge in [-0.3, -0.25) is 9.59 Å². The van der Waals surface area contributed by atoms with Gasteiger partial charge in [0, 0.05) is 15.6 Å². The summed E-state index contributed by atoms with van der Waals surface area (Å²) in [5.74, 6) is -0.617. The van der Waals surface area contributed by atoms with Crippen molar-refractivity contribution in [3.8, 4) is 22.3 Å². The van der Waals surface area contributed by atoms with Crippen LogP contribution in [0, 0.1) is 0 Å². The number of Topliss-reactive ketones (excluding diaryl/α,β-unsaturated/α-hetero) is 1. The number of halogens is 1. The van der Waals surface area contributed by atoms with E-state index >= 15 is 0 Å². The van der Waals surface area contributed by atoms with Gasteiger partial charge in [0.15, 0.2) is 12.0 Å². The van der Waals surface area contributed by atoms with E-state index in [1.54, 1.807) is 0 Å². The van der Waals surface area contributed by atoms with Gasteiger partial charge in [0.2, 0.25) is 0 Å². The molecule has 4 aromatic rings. The Hall–Kier alpha value is -2.98. The van der Waals surface area contributed by atoms with Crippen LogP contribution in [0.1, 0.15) is 10.6 Å². The normalized spacial score (nSPS) is 10.8. The highest BCUT2D eigenvalue weighted by Crippen LogP contribution is 2.42. The summed E-state index contributed by atoms with van der Waals surface area (Å²) in [5, 5.41) is 2.04. The fourth-order valence-corrected chi connectivity index (χ4v) is 3.68. The second-order valence-electron chi connectivity index (χ2n) is 5.84. The molecule has 0 radical (unpaired) electrons. The zero-order valence-electron chi connectivity index (χ0n) is 13.6. The first-order valence-electron chi connectivity index (χ1n) is 8.04. The molecule has 0 saturated carbocycles. The van der Waals surface area contributed by atoms with E-state index in [-0.39, 0.29) is 12.0 Å². The van der Waals surface area contributed by atoms with Crippen molar-refractivity contribution in [2.45, 2.75) is 0 Å². The molecule has 0 fully saturated rings. The van der Waals surface area contributed by atoms with Crippen LogP contribution in [0.15, 0.2) is 81.9 Å². The third-order valence-electron chi connectivity index (χ3n) is 4.34. The number of benzene rings is 3. The molecule has 1 heterocycles. The molecule has 0 aliphatic heterocycles. The molecule has 0 saturated heterocycles. The van der Waals surface area contributed by atoms with E-state index < -0.39 is 5.78 Å². The number of fused-ring (bicyclic) bond motifs is 1. The Balaban J connectivity index is 2.09. The van der Waals surface area contributed by atoms with Crippen LogP contribution in [0.5, 0.6) is 0 Å². The standard InChI is InChI=1S/C22H13BrO3/c23-19-11-4-3-9-16(19)18-13-26-22(20(25)12-24)21(18)17-10-5-7-14-6-1-2-8-15(14)17/h1-13H. The number of hydrogen-bond acceptors (Lipinski definition) is 3. The molecular formula is C22H13BrO3. The lowest BCUT2D eigenvalue weighted by atomic mass is 9.92. The zero-order valence-corrected chi connectivity index (χ0v) is 15.2. The highest BCUT2D eigenvalue weighted by molar-refractivity contribution is 9.10. The molecule has 0 spiro atoms. The summed E-state index contributed by atoms with van der Waals surface area (Å²) in [6.07, 6.45) is 1.82. The smallest absolute Gasteiger partial charge is 0.261 e. The molecule has 26 heavy (non-hydrogen) atoms. The van der Waals surface area contributed by atoms with Gasteiger partial charge in [-0.05, 0) is 28.0 Å². The molecule has 1 aromatic heterocycles. The topological polar surface area (TPSA) is 47.3 Å². The second kappa shape index (κ2) is 6.73. The van der Waals surface area contributed by atoms with Crippen molar-refractivity contribution in [3.05, 3.63) is 83.2 Å². The van der Waals surface area contributed by atoms with Crippen molar-refractivity contribution in [2.75, 3.05) is 0 Å². The maximum atomic E-state index is 12.2. The number of aldehydes is 1. The molecule has 3 nitrogen and oxygen atoms in total. The first-order valence-corrected chi connectivity index (χ1v) is 8.84. The molecule has 126 valence electrons. The monoisotopic (exact) mass is 404 g/mol. The lowest BCUT2D eigenvalue weighted by molar-refractivity contribution is -0.104. The van der Waals surface area contributed by atoms with Crippen LogP contribution in [0.4, 0.5) is 0 Å². The molecule has 0 aliphatic rings. The Morgan fingerprint density at radius 2 is 1.54 bits per heavy atom. The quantitative estimate of drug-likeness (QED) is 0.241.